The minimum Gasteiger partial charge on any atom is -0.872 e. The van der Waals surface area contributed by atoms with Gasteiger partial charge in [-0.15, -0.1) is 11.5 Å². The standard InChI is InChI=1S/C16H16N2O2.C5H4N2O4.Mn.2H2O/c19-15-7-3-1-5-13(15)11-17-9-10-18-12-14-6-2-4-8-16(14)20;8-4(9)2-3(5(10)11)7-1-6-2;;;/h1-8,11-12,19-20H,9-10H2;1H,(H,6,7)(H,8,9)(H,10,11);;2*1H2/q;;+3;;/p-2. The molecule has 12 nitrogen and oxygen atoms in total. The van der Waals surface area contributed by atoms with Crippen molar-refractivity contribution in [3.63, 3.8) is 0 Å². The molecule has 2 aromatic carbocycles. The summed E-state index contributed by atoms with van der Waals surface area (Å²) in [6, 6.07) is 13.5. The van der Waals surface area contributed by atoms with Gasteiger partial charge < -0.3 is 41.2 Å². The van der Waals surface area contributed by atoms with E-state index in [-0.39, 0.29) is 39.5 Å². The van der Waals surface area contributed by atoms with Crippen LogP contribution >= 0.6 is 0 Å². The first-order valence-corrected chi connectivity index (χ1v) is 8.90. The van der Waals surface area contributed by atoms with E-state index in [0.717, 1.165) is 6.33 Å². The number of carbonyl (C=O) groups excluding carboxylic acids is 1. The number of aromatic nitrogens is 2. The maximum Gasteiger partial charge on any atom is 3.00 e. The quantitative estimate of drug-likeness (QED) is 0.157. The maximum absolute atomic E-state index is 11.4. The molecule has 0 saturated heterocycles. The molecule has 0 radical (unpaired) electrons. The van der Waals surface area contributed by atoms with Crippen LogP contribution in [-0.4, -0.2) is 58.0 Å². The second-order valence-electron chi connectivity index (χ2n) is 5.86. The Bertz CT molecular complexity index is 1020. The summed E-state index contributed by atoms with van der Waals surface area (Å²) in [6.45, 7) is 0.956. The summed E-state index contributed by atoms with van der Waals surface area (Å²) in [4.78, 5) is 34.0. The second kappa shape index (κ2) is 16.6. The van der Waals surface area contributed by atoms with Crippen LogP contribution < -0.4 is 15.3 Å². The minimum atomic E-state index is -1.61. The van der Waals surface area contributed by atoms with Gasteiger partial charge in [-0.25, -0.2) is 9.78 Å². The molecular weight excluding hydrogens is 491 g/mol. The number of hydrogen-bond donors (Lipinski definition) is 2. The number of hydrogen-bond acceptors (Lipinski definition) is 8. The Kier molecular flexibility index (Phi) is 15.7. The Morgan fingerprint density at radius 2 is 1.38 bits per heavy atom. The molecule has 0 aliphatic rings. The van der Waals surface area contributed by atoms with Crippen molar-refractivity contribution in [3.8, 4) is 11.5 Å². The van der Waals surface area contributed by atoms with E-state index in [9.17, 15) is 24.9 Å². The zero-order valence-electron chi connectivity index (χ0n) is 17.6. The van der Waals surface area contributed by atoms with Gasteiger partial charge in [0.25, 0.3) is 0 Å². The number of aromatic amines is 1. The van der Waals surface area contributed by atoms with Crippen molar-refractivity contribution in [3.05, 3.63) is 77.4 Å². The van der Waals surface area contributed by atoms with Crippen molar-refractivity contribution < 1.29 is 58.0 Å². The molecule has 13 heteroatoms. The van der Waals surface area contributed by atoms with Gasteiger partial charge in [-0.1, -0.05) is 48.5 Å². The predicted octanol–water partition coefficient (Wildman–Crippen LogP) is -1.91. The van der Waals surface area contributed by atoms with Crippen molar-refractivity contribution in [2.75, 3.05) is 13.1 Å². The smallest absolute Gasteiger partial charge is 0.872 e. The number of H-pyrrole nitrogens is 1. The fraction of sp³-hybridized carbons (Fsp3) is 0.0952. The summed E-state index contributed by atoms with van der Waals surface area (Å²) in [6.07, 6.45) is 4.09. The Labute approximate surface area is 204 Å². The third-order valence-electron chi connectivity index (χ3n) is 3.70. The number of nitrogens with zero attached hydrogens (tertiary/aromatic N) is 3. The number of carboxylic acid groups (broad SMARTS) is 2. The molecule has 0 unspecified atom stereocenters. The molecular formula is C21H22MnN4O8+. The van der Waals surface area contributed by atoms with Crippen LogP contribution in [0, 0.1) is 0 Å². The number of nitrogens with one attached hydrogen (secondary N) is 1. The van der Waals surface area contributed by atoms with Gasteiger partial charge in [0.15, 0.2) is 5.69 Å². The molecule has 0 atom stereocenters. The summed E-state index contributed by atoms with van der Waals surface area (Å²) in [7, 11) is 0. The van der Waals surface area contributed by atoms with Crippen LogP contribution in [0.25, 0.3) is 0 Å². The maximum atomic E-state index is 11.4. The van der Waals surface area contributed by atoms with E-state index in [1.165, 1.54) is 12.1 Å². The van der Waals surface area contributed by atoms with E-state index < -0.39 is 23.3 Å². The van der Waals surface area contributed by atoms with E-state index in [0.29, 0.717) is 24.2 Å². The van der Waals surface area contributed by atoms with E-state index in [2.05, 4.69) is 20.0 Å². The van der Waals surface area contributed by atoms with Gasteiger partial charge in [-0.05, 0) is 11.1 Å². The SMILES string of the molecule is O.O=C([O-])c1nc[nH]c1C(=O)O.[Mn+3].[O-]c1ccccc1C=NCCN=Cc1ccccc1[O-].[OH3+]. The number of aliphatic imine (C=N–C) groups is 2. The van der Waals surface area contributed by atoms with Gasteiger partial charge in [0.1, 0.15) is 5.69 Å². The molecule has 0 aliphatic carbocycles. The van der Waals surface area contributed by atoms with Gasteiger partial charge in [0, 0.05) is 12.4 Å². The molecule has 0 bridgehead atoms. The Morgan fingerprint density at radius 3 is 1.74 bits per heavy atom. The van der Waals surface area contributed by atoms with Crippen LogP contribution in [0.5, 0.6) is 11.5 Å². The van der Waals surface area contributed by atoms with Crippen LogP contribution in [0.1, 0.15) is 32.1 Å². The molecule has 0 spiro atoms. The molecule has 0 aliphatic heterocycles. The van der Waals surface area contributed by atoms with Crippen molar-refractivity contribution in [1.82, 2.24) is 9.97 Å². The topological polar surface area (TPSA) is 241 Å². The zero-order valence-corrected chi connectivity index (χ0v) is 18.7. The fourth-order valence-electron chi connectivity index (χ4n) is 2.23. The number of imidazole rings is 1. The molecule has 1 heterocycles. The van der Waals surface area contributed by atoms with Gasteiger partial charge in [0.05, 0.1) is 25.4 Å². The Morgan fingerprint density at radius 1 is 0.941 bits per heavy atom. The zero-order chi connectivity index (χ0) is 22.6. The first-order valence-electron chi connectivity index (χ1n) is 8.90. The molecule has 34 heavy (non-hydrogen) atoms. The van der Waals surface area contributed by atoms with Gasteiger partial charge in [-0.3, -0.25) is 9.98 Å². The van der Waals surface area contributed by atoms with Crippen LogP contribution in [0.3, 0.4) is 0 Å². The number of para-hydroxylation sites is 2. The van der Waals surface area contributed by atoms with Crippen LogP contribution in [0.2, 0.25) is 0 Å². The summed E-state index contributed by atoms with van der Waals surface area (Å²) < 4.78 is 0. The van der Waals surface area contributed by atoms with Crippen molar-refractivity contribution in [1.29, 1.82) is 0 Å². The third kappa shape index (κ3) is 10.1. The summed E-state index contributed by atoms with van der Waals surface area (Å²) in [5.41, 5.74) is 0.0882. The molecule has 3 aromatic rings. The molecule has 0 amide bonds. The van der Waals surface area contributed by atoms with E-state index in [1.54, 1.807) is 48.8 Å². The largest absolute Gasteiger partial charge is 3.00 e. The second-order valence-corrected chi connectivity index (χ2v) is 5.86. The summed E-state index contributed by atoms with van der Waals surface area (Å²) >= 11 is 0. The number of benzene rings is 2. The van der Waals surface area contributed by atoms with Gasteiger partial charge >= 0.3 is 23.0 Å². The average molecular weight is 513 g/mol. The summed E-state index contributed by atoms with van der Waals surface area (Å²) in [5.74, 6) is -3.06. The first-order chi connectivity index (χ1) is 14.9. The third-order valence-corrected chi connectivity index (χ3v) is 3.70. The Balaban J connectivity index is 0. The van der Waals surface area contributed by atoms with Gasteiger partial charge in [0.2, 0.25) is 0 Å². The molecule has 0 saturated carbocycles. The minimum absolute atomic E-state index is 0. The normalized spacial score (nSPS) is 9.76. The Hall–Kier alpha value is -4.03. The number of carbonyl (C=O) groups is 2. The number of carboxylic acids is 2. The van der Waals surface area contributed by atoms with Crippen molar-refractivity contribution in [2.45, 2.75) is 0 Å². The van der Waals surface area contributed by atoms with Gasteiger partial charge in [-0.2, -0.15) is 0 Å². The summed E-state index contributed by atoms with van der Waals surface area (Å²) in [5, 5.41) is 41.3. The number of rotatable bonds is 7. The molecule has 180 valence electrons. The van der Waals surface area contributed by atoms with Crippen molar-refractivity contribution >= 4 is 24.4 Å². The molecule has 1 aromatic heterocycles. The van der Waals surface area contributed by atoms with Crippen LogP contribution in [0.15, 0.2) is 64.8 Å². The van der Waals surface area contributed by atoms with E-state index in [1.807, 2.05) is 0 Å². The predicted molar refractivity (Wildman–Crippen MR) is 115 cm³/mol. The van der Waals surface area contributed by atoms with E-state index in [4.69, 9.17) is 5.11 Å². The molecule has 0 fully saturated rings. The molecule has 7 N–H and O–H groups in total. The first kappa shape index (κ1) is 32.2. The number of aromatic carboxylic acids is 2. The average Bonchev–Trinajstić information content (AvgIpc) is 3.24. The fourth-order valence-corrected chi connectivity index (χ4v) is 2.23. The van der Waals surface area contributed by atoms with Crippen LogP contribution in [-0.2, 0) is 22.5 Å². The van der Waals surface area contributed by atoms with E-state index >= 15 is 0 Å². The molecule has 3 rings (SSSR count). The monoisotopic (exact) mass is 513 g/mol. The van der Waals surface area contributed by atoms with Crippen LogP contribution in [0.4, 0.5) is 0 Å². The van der Waals surface area contributed by atoms with Crippen molar-refractivity contribution in [2.24, 2.45) is 9.98 Å².